The van der Waals surface area contributed by atoms with E-state index in [0.717, 1.165) is 0 Å². The van der Waals surface area contributed by atoms with Crippen molar-refractivity contribution < 1.29 is 17.3 Å². The first-order chi connectivity index (χ1) is 8.95. The van der Waals surface area contributed by atoms with E-state index in [9.17, 15) is 17.3 Å². The molecule has 0 nitrogen and oxygen atoms in total. The average Bonchev–Trinajstić information content (AvgIpc) is 2.37. The van der Waals surface area contributed by atoms with Gasteiger partial charge in [-0.3, -0.25) is 0 Å². The Bertz CT molecular complexity index is 636. The second-order valence-corrected chi connectivity index (χ2v) is 5.74. The first-order valence-electron chi connectivity index (χ1n) is 5.51. The Morgan fingerprint density at radius 2 is 1.32 bits per heavy atom. The van der Waals surface area contributed by atoms with Crippen LogP contribution in [0.25, 0.3) is 20.4 Å². The van der Waals surface area contributed by atoms with E-state index in [0.29, 0.717) is 14.5 Å². The molecular formula is C13H9BF4Se. The molecule has 19 heavy (non-hydrogen) atoms. The minimum absolute atomic E-state index is 0.505. The standard InChI is InChI=1S/C13H9Se.BF4/c1-2-6-12-10(4-1)7-8-11-5-3-9-14-13(11)12;2-1(3,4)5/h1-9H;/q+1;-1. The van der Waals surface area contributed by atoms with Crippen molar-refractivity contribution in [3.8, 4) is 0 Å². The second-order valence-electron chi connectivity index (χ2n) is 3.81. The third-order valence-corrected chi connectivity index (χ3v) is 4.52. The van der Waals surface area contributed by atoms with Gasteiger partial charge in [0.15, 0.2) is 0 Å². The van der Waals surface area contributed by atoms with E-state index in [2.05, 4.69) is 53.5 Å². The van der Waals surface area contributed by atoms with Crippen molar-refractivity contribution in [2.24, 2.45) is 0 Å². The van der Waals surface area contributed by atoms with Crippen molar-refractivity contribution in [3.05, 3.63) is 53.5 Å². The van der Waals surface area contributed by atoms with Gasteiger partial charge in [0.25, 0.3) is 0 Å². The third-order valence-electron chi connectivity index (χ3n) is 2.45. The molecule has 0 atom stereocenters. The van der Waals surface area contributed by atoms with Crippen molar-refractivity contribution in [2.75, 3.05) is 0 Å². The molecule has 0 aliphatic heterocycles. The predicted molar refractivity (Wildman–Crippen MR) is 73.0 cm³/mol. The SMILES string of the molecule is F[B-](F)(F)F.c1ccc2c(c1)ccc1ccc[se+]c12. The van der Waals surface area contributed by atoms with Crippen LogP contribution >= 0.6 is 0 Å². The van der Waals surface area contributed by atoms with Crippen LogP contribution in [0.15, 0.2) is 53.5 Å². The summed E-state index contributed by atoms with van der Waals surface area (Å²) in [5.74, 6) is 0. The van der Waals surface area contributed by atoms with E-state index in [1.807, 2.05) is 0 Å². The molecule has 0 N–H and O–H groups in total. The van der Waals surface area contributed by atoms with Gasteiger partial charge in [-0.05, 0) is 0 Å². The number of rotatable bonds is 0. The zero-order valence-electron chi connectivity index (χ0n) is 9.69. The van der Waals surface area contributed by atoms with Crippen LogP contribution in [0.1, 0.15) is 0 Å². The normalized spacial score (nSPS) is 11.2. The van der Waals surface area contributed by atoms with Crippen molar-refractivity contribution in [1.82, 2.24) is 0 Å². The fourth-order valence-electron chi connectivity index (χ4n) is 1.77. The molecule has 0 bridgehead atoms. The molecule has 6 heteroatoms. The van der Waals surface area contributed by atoms with Crippen LogP contribution < -0.4 is 0 Å². The van der Waals surface area contributed by atoms with E-state index < -0.39 is 7.25 Å². The van der Waals surface area contributed by atoms with Crippen LogP contribution in [-0.4, -0.2) is 21.8 Å². The topological polar surface area (TPSA) is 0 Å². The summed E-state index contributed by atoms with van der Waals surface area (Å²) in [6.45, 7) is 0. The maximum absolute atomic E-state index is 9.75. The second kappa shape index (κ2) is 5.72. The number of hydrogen-bond donors (Lipinski definition) is 0. The van der Waals surface area contributed by atoms with Gasteiger partial charge < -0.3 is 17.3 Å². The predicted octanol–water partition coefficient (Wildman–Crippen LogP) is 4.63. The number of halogens is 4. The van der Waals surface area contributed by atoms with Crippen molar-refractivity contribution >= 4 is 42.2 Å². The maximum atomic E-state index is 9.75. The molecule has 0 radical (unpaired) electrons. The Hall–Kier alpha value is -1.39. The number of hydrogen-bond acceptors (Lipinski definition) is 0. The van der Waals surface area contributed by atoms with Crippen LogP contribution in [0.2, 0.25) is 0 Å². The Morgan fingerprint density at radius 1 is 0.737 bits per heavy atom. The van der Waals surface area contributed by atoms with E-state index in [1.165, 1.54) is 20.4 Å². The minimum atomic E-state index is -6.00. The van der Waals surface area contributed by atoms with E-state index in [-0.39, 0.29) is 0 Å². The fourth-order valence-corrected chi connectivity index (χ4v) is 3.62. The molecule has 0 fully saturated rings. The molecule has 0 aliphatic rings. The molecule has 0 spiro atoms. The molecule has 0 aliphatic carbocycles. The van der Waals surface area contributed by atoms with Crippen LogP contribution in [0.5, 0.6) is 0 Å². The summed E-state index contributed by atoms with van der Waals surface area (Å²) in [6.07, 6.45) is 0. The summed E-state index contributed by atoms with van der Waals surface area (Å²) < 4.78 is 40.5. The molecule has 2 aromatic carbocycles. The van der Waals surface area contributed by atoms with E-state index >= 15 is 0 Å². The first-order valence-corrected chi connectivity index (χ1v) is 7.35. The van der Waals surface area contributed by atoms with Gasteiger partial charge in [-0.25, -0.2) is 0 Å². The third kappa shape index (κ3) is 4.05. The summed E-state index contributed by atoms with van der Waals surface area (Å²) in [5, 5.41) is 4.17. The summed E-state index contributed by atoms with van der Waals surface area (Å²) in [7, 11) is -6.00. The van der Waals surface area contributed by atoms with Crippen molar-refractivity contribution in [2.45, 2.75) is 0 Å². The fraction of sp³-hybridized carbons (Fsp3) is 0. The zero-order valence-corrected chi connectivity index (χ0v) is 11.4. The van der Waals surface area contributed by atoms with Crippen molar-refractivity contribution in [3.63, 3.8) is 0 Å². The monoisotopic (exact) mass is 332 g/mol. The van der Waals surface area contributed by atoms with E-state index in [1.54, 1.807) is 0 Å². The molecule has 0 unspecified atom stereocenters. The van der Waals surface area contributed by atoms with Crippen LogP contribution in [-0.2, 0) is 0 Å². The summed E-state index contributed by atoms with van der Waals surface area (Å²) in [6, 6.07) is 17.4. The molecule has 0 amide bonds. The number of fused-ring (bicyclic) bond motifs is 3. The Morgan fingerprint density at radius 3 is 2.05 bits per heavy atom. The van der Waals surface area contributed by atoms with Gasteiger partial charge in [0, 0.05) is 0 Å². The van der Waals surface area contributed by atoms with Crippen LogP contribution in [0.3, 0.4) is 0 Å². The molecule has 1 heterocycles. The van der Waals surface area contributed by atoms with Gasteiger partial charge in [0.2, 0.25) is 0 Å². The van der Waals surface area contributed by atoms with Gasteiger partial charge in [0.1, 0.15) is 0 Å². The molecule has 1 aromatic heterocycles. The Kier molecular flexibility index (Phi) is 4.22. The molecule has 0 saturated heterocycles. The Labute approximate surface area is 113 Å². The van der Waals surface area contributed by atoms with Gasteiger partial charge in [-0.1, -0.05) is 0 Å². The van der Waals surface area contributed by atoms with E-state index in [4.69, 9.17) is 0 Å². The summed E-state index contributed by atoms with van der Waals surface area (Å²) in [5.41, 5.74) is 0. The molecule has 98 valence electrons. The molecule has 0 saturated carbocycles. The van der Waals surface area contributed by atoms with Gasteiger partial charge in [0.05, 0.1) is 0 Å². The summed E-state index contributed by atoms with van der Waals surface area (Å²) >= 11 is 0.505. The zero-order chi connectivity index (χ0) is 13.9. The first kappa shape index (κ1) is 14.0. The Balaban J connectivity index is 0.000000232. The molecule has 3 rings (SSSR count). The van der Waals surface area contributed by atoms with Crippen molar-refractivity contribution in [1.29, 1.82) is 0 Å². The van der Waals surface area contributed by atoms with Gasteiger partial charge >= 0.3 is 95.6 Å². The molecular weight excluding hydrogens is 322 g/mol. The van der Waals surface area contributed by atoms with Crippen LogP contribution in [0.4, 0.5) is 17.3 Å². The average molecular weight is 331 g/mol. The van der Waals surface area contributed by atoms with Gasteiger partial charge in [-0.15, -0.1) is 0 Å². The summed E-state index contributed by atoms with van der Waals surface area (Å²) in [4.78, 5) is 2.28. The number of benzene rings is 2. The van der Waals surface area contributed by atoms with Gasteiger partial charge in [-0.2, -0.15) is 0 Å². The molecule has 3 aromatic rings. The van der Waals surface area contributed by atoms with Crippen LogP contribution in [0, 0.1) is 0 Å². The quantitative estimate of drug-likeness (QED) is 0.320.